The Morgan fingerprint density at radius 2 is 1.59 bits per heavy atom. The third-order valence-corrected chi connectivity index (χ3v) is 5.08. The van der Waals surface area contributed by atoms with Gasteiger partial charge in [-0.15, -0.1) is 0 Å². The first-order chi connectivity index (χ1) is 14.0. The van der Waals surface area contributed by atoms with Crippen LogP contribution >= 0.6 is 15.9 Å². The second-order valence-electron chi connectivity index (χ2n) is 6.24. The van der Waals surface area contributed by atoms with Gasteiger partial charge >= 0.3 is 5.69 Å². The van der Waals surface area contributed by atoms with Gasteiger partial charge in [0.15, 0.2) is 0 Å². The zero-order chi connectivity index (χ0) is 20.6. The van der Waals surface area contributed by atoms with E-state index in [0.717, 1.165) is 17.1 Å². The lowest BCUT2D eigenvalue weighted by Gasteiger charge is -2.11. The average Bonchev–Trinajstić information content (AvgIpc) is 2.73. The van der Waals surface area contributed by atoms with Crippen molar-refractivity contribution in [3.8, 4) is 11.5 Å². The molecule has 0 unspecified atom stereocenters. The predicted molar refractivity (Wildman–Crippen MR) is 112 cm³/mol. The number of aromatic amines is 1. The van der Waals surface area contributed by atoms with Crippen LogP contribution in [0.5, 0.6) is 11.5 Å². The zero-order valence-electron chi connectivity index (χ0n) is 15.9. The number of para-hydroxylation sites is 1. The van der Waals surface area contributed by atoms with E-state index in [1.165, 1.54) is 4.57 Å². The molecule has 0 saturated heterocycles. The van der Waals surface area contributed by atoms with E-state index in [1.807, 2.05) is 54.6 Å². The molecule has 1 N–H and O–H groups in total. The highest BCUT2D eigenvalue weighted by molar-refractivity contribution is 9.10. The average molecular weight is 461 g/mol. The van der Waals surface area contributed by atoms with Crippen LogP contribution in [0, 0.1) is 6.92 Å². The van der Waals surface area contributed by atoms with Gasteiger partial charge in [0.2, 0.25) is 0 Å². The van der Waals surface area contributed by atoms with Crippen LogP contribution in [0.2, 0.25) is 0 Å². The molecule has 1 aromatic heterocycles. The van der Waals surface area contributed by atoms with Gasteiger partial charge in [0, 0.05) is 5.69 Å². The Labute approximate surface area is 176 Å². The number of rotatable bonds is 9. The van der Waals surface area contributed by atoms with Gasteiger partial charge in [-0.25, -0.2) is 4.79 Å². The number of benzene rings is 2. The molecule has 7 nitrogen and oxygen atoms in total. The summed E-state index contributed by atoms with van der Waals surface area (Å²) < 4.78 is 18.5. The molecule has 0 atom stereocenters. The SMILES string of the molecule is Cc1c(Br)c(=O)[nH]c(=O)n1COCCOCc1ccc(Oc2ccccc2)cc1. The second-order valence-corrected chi connectivity index (χ2v) is 7.03. The summed E-state index contributed by atoms with van der Waals surface area (Å²) in [6.07, 6.45) is 0. The number of ether oxygens (including phenoxy) is 3. The number of H-pyrrole nitrogens is 1. The van der Waals surface area contributed by atoms with Crippen LogP contribution in [0.15, 0.2) is 68.7 Å². The first-order valence-electron chi connectivity index (χ1n) is 9.01. The first kappa shape index (κ1) is 21.0. The number of aromatic nitrogens is 2. The van der Waals surface area contributed by atoms with Crippen LogP contribution in [0.1, 0.15) is 11.3 Å². The van der Waals surface area contributed by atoms with E-state index in [0.29, 0.717) is 30.0 Å². The van der Waals surface area contributed by atoms with E-state index in [9.17, 15) is 9.59 Å². The molecule has 2 aromatic carbocycles. The van der Waals surface area contributed by atoms with Crippen LogP contribution in [-0.2, 0) is 22.8 Å². The number of halogens is 1. The molecule has 3 aromatic rings. The molecular weight excluding hydrogens is 440 g/mol. The zero-order valence-corrected chi connectivity index (χ0v) is 17.5. The fraction of sp³-hybridized carbons (Fsp3) is 0.238. The Bertz CT molecular complexity index is 1050. The summed E-state index contributed by atoms with van der Waals surface area (Å²) in [6.45, 7) is 2.84. The molecule has 3 rings (SSSR count). The summed E-state index contributed by atoms with van der Waals surface area (Å²) in [5.41, 5.74) is 0.571. The van der Waals surface area contributed by atoms with Gasteiger partial charge in [0.05, 0.1) is 19.8 Å². The molecule has 0 aliphatic heterocycles. The second kappa shape index (κ2) is 10.2. The number of nitrogens with one attached hydrogen (secondary N) is 1. The molecule has 0 radical (unpaired) electrons. The van der Waals surface area contributed by atoms with Crippen LogP contribution in [0.3, 0.4) is 0 Å². The summed E-state index contributed by atoms with van der Waals surface area (Å²) in [7, 11) is 0. The smallest absolute Gasteiger partial charge is 0.330 e. The molecule has 0 aliphatic rings. The Kier molecular flexibility index (Phi) is 7.40. The number of nitrogens with zero attached hydrogens (tertiary/aromatic N) is 1. The van der Waals surface area contributed by atoms with E-state index in [-0.39, 0.29) is 6.73 Å². The van der Waals surface area contributed by atoms with E-state index >= 15 is 0 Å². The highest BCUT2D eigenvalue weighted by atomic mass is 79.9. The topological polar surface area (TPSA) is 82.6 Å². The maximum absolute atomic E-state index is 11.8. The van der Waals surface area contributed by atoms with Crippen molar-refractivity contribution in [2.75, 3.05) is 13.2 Å². The molecule has 0 spiro atoms. The Morgan fingerprint density at radius 1 is 0.931 bits per heavy atom. The van der Waals surface area contributed by atoms with Crippen molar-refractivity contribution in [2.24, 2.45) is 0 Å². The van der Waals surface area contributed by atoms with E-state index in [1.54, 1.807) is 6.92 Å². The molecule has 0 saturated carbocycles. The van der Waals surface area contributed by atoms with Crippen molar-refractivity contribution < 1.29 is 14.2 Å². The van der Waals surface area contributed by atoms with Gasteiger partial charge in [-0.2, -0.15) is 0 Å². The van der Waals surface area contributed by atoms with Crippen LogP contribution in [-0.4, -0.2) is 22.8 Å². The lowest BCUT2D eigenvalue weighted by Crippen LogP contribution is -2.33. The molecule has 152 valence electrons. The molecule has 0 fully saturated rings. The third-order valence-electron chi connectivity index (χ3n) is 4.15. The van der Waals surface area contributed by atoms with Crippen LogP contribution in [0.4, 0.5) is 0 Å². The molecule has 0 aliphatic carbocycles. The maximum Gasteiger partial charge on any atom is 0.330 e. The fourth-order valence-corrected chi connectivity index (χ4v) is 2.87. The first-order valence-corrected chi connectivity index (χ1v) is 9.80. The summed E-state index contributed by atoms with van der Waals surface area (Å²) >= 11 is 3.15. The molecular formula is C21H21BrN2O5. The summed E-state index contributed by atoms with van der Waals surface area (Å²) in [6, 6.07) is 17.3. The quantitative estimate of drug-likeness (QED) is 0.493. The van der Waals surface area contributed by atoms with Gasteiger partial charge in [0.25, 0.3) is 5.56 Å². The summed E-state index contributed by atoms with van der Waals surface area (Å²) in [5.74, 6) is 1.55. The maximum atomic E-state index is 11.8. The normalized spacial score (nSPS) is 10.8. The van der Waals surface area contributed by atoms with Crippen molar-refractivity contribution in [1.82, 2.24) is 9.55 Å². The third kappa shape index (κ3) is 5.90. The van der Waals surface area contributed by atoms with Gasteiger partial charge in [-0.05, 0) is 52.7 Å². The monoisotopic (exact) mass is 460 g/mol. The minimum atomic E-state index is -0.505. The minimum Gasteiger partial charge on any atom is -0.457 e. The van der Waals surface area contributed by atoms with Crippen LogP contribution in [0.25, 0.3) is 0 Å². The highest BCUT2D eigenvalue weighted by Gasteiger charge is 2.08. The molecule has 8 heteroatoms. The Hall–Kier alpha value is -2.68. The fourth-order valence-electron chi connectivity index (χ4n) is 2.55. The van der Waals surface area contributed by atoms with E-state index in [2.05, 4.69) is 20.9 Å². The van der Waals surface area contributed by atoms with Gasteiger partial charge < -0.3 is 14.2 Å². The lowest BCUT2D eigenvalue weighted by atomic mass is 10.2. The van der Waals surface area contributed by atoms with Crippen molar-refractivity contribution >= 4 is 15.9 Å². The minimum absolute atomic E-state index is 0.0366. The predicted octanol–water partition coefficient (Wildman–Crippen LogP) is 3.59. The number of hydrogen-bond acceptors (Lipinski definition) is 5. The Balaban J connectivity index is 1.39. The molecule has 0 amide bonds. The van der Waals surface area contributed by atoms with E-state index in [4.69, 9.17) is 14.2 Å². The van der Waals surface area contributed by atoms with Crippen molar-refractivity contribution in [1.29, 1.82) is 0 Å². The molecule has 29 heavy (non-hydrogen) atoms. The lowest BCUT2D eigenvalue weighted by molar-refractivity contribution is 0.0113. The molecule has 0 bridgehead atoms. The number of hydrogen-bond donors (Lipinski definition) is 1. The summed E-state index contributed by atoms with van der Waals surface area (Å²) in [4.78, 5) is 25.5. The Morgan fingerprint density at radius 3 is 2.31 bits per heavy atom. The van der Waals surface area contributed by atoms with Gasteiger partial charge in [0.1, 0.15) is 22.7 Å². The van der Waals surface area contributed by atoms with Crippen molar-refractivity contribution in [3.63, 3.8) is 0 Å². The molecule has 1 heterocycles. The van der Waals surface area contributed by atoms with Gasteiger partial charge in [-0.3, -0.25) is 14.3 Å². The van der Waals surface area contributed by atoms with Crippen molar-refractivity contribution in [3.05, 3.63) is 91.2 Å². The van der Waals surface area contributed by atoms with Crippen molar-refractivity contribution in [2.45, 2.75) is 20.3 Å². The standard InChI is InChI=1S/C21H21BrN2O5/c1-15-19(22)20(25)23-21(26)24(15)14-28-12-11-27-13-16-7-9-18(10-8-16)29-17-5-3-2-4-6-17/h2-10H,11-14H2,1H3,(H,23,25,26). The largest absolute Gasteiger partial charge is 0.457 e. The summed E-state index contributed by atoms with van der Waals surface area (Å²) in [5, 5.41) is 0. The van der Waals surface area contributed by atoms with E-state index < -0.39 is 11.2 Å². The van der Waals surface area contributed by atoms with Gasteiger partial charge in [-0.1, -0.05) is 30.3 Å². The highest BCUT2D eigenvalue weighted by Crippen LogP contribution is 2.21. The van der Waals surface area contributed by atoms with Crippen LogP contribution < -0.4 is 16.0 Å².